The summed E-state index contributed by atoms with van der Waals surface area (Å²) < 4.78 is 5.24. The maximum absolute atomic E-state index is 12.7. The number of carbonyl (C=O) groups is 2. The molecule has 0 saturated carbocycles. The molecule has 3 aromatic rings. The fourth-order valence-corrected chi connectivity index (χ4v) is 3.92. The number of rotatable bonds is 5. The fraction of sp³-hybridized carbons (Fsp3) is 0.182. The van der Waals surface area contributed by atoms with Gasteiger partial charge in [-0.05, 0) is 55.7 Å². The highest BCUT2D eigenvalue weighted by Crippen LogP contribution is 2.37. The van der Waals surface area contributed by atoms with Gasteiger partial charge < -0.3 is 10.1 Å². The lowest BCUT2D eigenvalue weighted by Crippen LogP contribution is -2.14. The van der Waals surface area contributed by atoms with Gasteiger partial charge in [-0.15, -0.1) is 11.3 Å². The molecule has 1 amide bonds. The van der Waals surface area contributed by atoms with Crippen LogP contribution in [-0.4, -0.2) is 18.5 Å². The molecule has 0 unspecified atom stereocenters. The Morgan fingerprint density at radius 3 is 2.57 bits per heavy atom. The van der Waals surface area contributed by atoms with Crippen molar-refractivity contribution in [3.05, 3.63) is 75.1 Å². The van der Waals surface area contributed by atoms with E-state index in [9.17, 15) is 9.59 Å². The van der Waals surface area contributed by atoms with E-state index in [1.807, 2.05) is 37.4 Å². The predicted molar refractivity (Wildman–Crippen MR) is 115 cm³/mol. The first-order valence-electron chi connectivity index (χ1n) is 8.84. The van der Waals surface area contributed by atoms with Crippen molar-refractivity contribution in [1.82, 2.24) is 0 Å². The molecular weight excluding hydrogens is 394 g/mol. The van der Waals surface area contributed by atoms with Gasteiger partial charge in [0.1, 0.15) is 10.6 Å². The molecule has 1 aromatic heterocycles. The topological polar surface area (TPSA) is 55.4 Å². The van der Waals surface area contributed by atoms with E-state index in [-0.39, 0.29) is 12.5 Å². The van der Waals surface area contributed by atoms with E-state index in [1.165, 1.54) is 16.9 Å². The van der Waals surface area contributed by atoms with Gasteiger partial charge >= 0.3 is 5.97 Å². The van der Waals surface area contributed by atoms with Crippen molar-refractivity contribution >= 4 is 39.8 Å². The molecular formula is C22H20ClNO3S. The number of benzene rings is 2. The van der Waals surface area contributed by atoms with Gasteiger partial charge in [0.15, 0.2) is 0 Å². The third-order valence-corrected chi connectivity index (χ3v) is 5.53. The summed E-state index contributed by atoms with van der Waals surface area (Å²) in [7, 11) is 0. The summed E-state index contributed by atoms with van der Waals surface area (Å²) in [6, 6.07) is 12.7. The lowest BCUT2D eigenvalue weighted by Gasteiger charge is -2.10. The Hall–Kier alpha value is -2.63. The van der Waals surface area contributed by atoms with Crippen molar-refractivity contribution in [3.63, 3.8) is 0 Å². The number of esters is 1. The van der Waals surface area contributed by atoms with Crippen LogP contribution in [0.3, 0.4) is 0 Å². The molecule has 0 aliphatic heterocycles. The smallest absolute Gasteiger partial charge is 0.341 e. The first kappa shape index (κ1) is 20.1. The third-order valence-electron chi connectivity index (χ3n) is 4.40. The van der Waals surface area contributed by atoms with Gasteiger partial charge in [0, 0.05) is 21.5 Å². The van der Waals surface area contributed by atoms with Gasteiger partial charge in [-0.25, -0.2) is 4.79 Å². The molecule has 2 aromatic carbocycles. The molecule has 0 aliphatic rings. The predicted octanol–water partition coefficient (Wildman–Crippen LogP) is 6.11. The van der Waals surface area contributed by atoms with Crippen molar-refractivity contribution in [2.75, 3.05) is 11.9 Å². The van der Waals surface area contributed by atoms with E-state index in [0.717, 1.165) is 16.7 Å². The van der Waals surface area contributed by atoms with Crippen LogP contribution in [0.25, 0.3) is 11.1 Å². The maximum Gasteiger partial charge on any atom is 0.341 e. The minimum Gasteiger partial charge on any atom is -0.462 e. The van der Waals surface area contributed by atoms with E-state index in [0.29, 0.717) is 21.2 Å². The Kier molecular flexibility index (Phi) is 6.17. The third kappa shape index (κ3) is 4.26. The first-order chi connectivity index (χ1) is 13.4. The molecule has 0 saturated heterocycles. The van der Waals surface area contributed by atoms with Gasteiger partial charge in [0.25, 0.3) is 5.91 Å². The van der Waals surface area contributed by atoms with Gasteiger partial charge in [-0.3, -0.25) is 4.79 Å². The van der Waals surface area contributed by atoms with Crippen molar-refractivity contribution in [3.8, 4) is 11.1 Å². The van der Waals surface area contributed by atoms with Crippen LogP contribution < -0.4 is 5.32 Å². The lowest BCUT2D eigenvalue weighted by molar-refractivity contribution is 0.0529. The number of ether oxygens (including phenoxy) is 1. The average Bonchev–Trinajstić information content (AvgIpc) is 3.07. The zero-order valence-electron chi connectivity index (χ0n) is 15.8. The number of aryl methyl sites for hydroxylation is 2. The van der Waals surface area contributed by atoms with Gasteiger partial charge in [-0.1, -0.05) is 35.9 Å². The molecule has 0 bridgehead atoms. The van der Waals surface area contributed by atoms with Crippen LogP contribution >= 0.6 is 22.9 Å². The maximum atomic E-state index is 12.7. The summed E-state index contributed by atoms with van der Waals surface area (Å²) >= 11 is 7.27. The molecule has 1 N–H and O–H groups in total. The number of amides is 1. The van der Waals surface area contributed by atoms with E-state index in [2.05, 4.69) is 5.32 Å². The number of thiophene rings is 1. The first-order valence-corrected chi connectivity index (χ1v) is 10.1. The van der Waals surface area contributed by atoms with Crippen LogP contribution in [0.5, 0.6) is 0 Å². The summed E-state index contributed by atoms with van der Waals surface area (Å²) in [4.78, 5) is 25.3. The lowest BCUT2D eigenvalue weighted by atomic mass is 9.99. The highest BCUT2D eigenvalue weighted by Gasteiger charge is 2.23. The Morgan fingerprint density at radius 1 is 1.11 bits per heavy atom. The van der Waals surface area contributed by atoms with Crippen molar-refractivity contribution in [2.24, 2.45) is 0 Å². The Balaban J connectivity index is 2.01. The molecule has 4 nitrogen and oxygen atoms in total. The van der Waals surface area contributed by atoms with Gasteiger partial charge in [0.2, 0.25) is 0 Å². The monoisotopic (exact) mass is 413 g/mol. The van der Waals surface area contributed by atoms with Gasteiger partial charge in [0.05, 0.1) is 6.61 Å². The average molecular weight is 414 g/mol. The van der Waals surface area contributed by atoms with Crippen LogP contribution in [0.2, 0.25) is 5.02 Å². The minimum absolute atomic E-state index is 0.253. The Morgan fingerprint density at radius 2 is 1.89 bits per heavy atom. The van der Waals surface area contributed by atoms with Crippen LogP contribution in [0.4, 0.5) is 5.00 Å². The SMILES string of the molecule is CCOC(=O)c1c(-c2ccc(C)c(C)c2)csc1NC(=O)c1cccc(Cl)c1. The van der Waals surface area contributed by atoms with Crippen molar-refractivity contribution < 1.29 is 14.3 Å². The summed E-state index contributed by atoms with van der Waals surface area (Å²) in [5.41, 5.74) is 4.74. The fourth-order valence-electron chi connectivity index (χ4n) is 2.78. The van der Waals surface area contributed by atoms with Crippen molar-refractivity contribution in [2.45, 2.75) is 20.8 Å². The summed E-state index contributed by atoms with van der Waals surface area (Å²) in [5.74, 6) is -0.792. The molecule has 0 aliphatic carbocycles. The van der Waals surface area contributed by atoms with E-state index in [1.54, 1.807) is 31.2 Å². The molecule has 0 atom stereocenters. The summed E-state index contributed by atoms with van der Waals surface area (Å²) in [6.45, 7) is 6.07. The summed E-state index contributed by atoms with van der Waals surface area (Å²) in [5, 5.41) is 5.62. The Labute approximate surface area is 173 Å². The quantitative estimate of drug-likeness (QED) is 0.513. The highest BCUT2D eigenvalue weighted by molar-refractivity contribution is 7.15. The zero-order valence-corrected chi connectivity index (χ0v) is 17.4. The van der Waals surface area contributed by atoms with E-state index < -0.39 is 5.97 Å². The number of anilines is 1. The van der Waals surface area contributed by atoms with Gasteiger partial charge in [-0.2, -0.15) is 0 Å². The van der Waals surface area contributed by atoms with Crippen LogP contribution in [0.15, 0.2) is 47.8 Å². The van der Waals surface area contributed by atoms with Crippen molar-refractivity contribution in [1.29, 1.82) is 0 Å². The van der Waals surface area contributed by atoms with E-state index in [4.69, 9.17) is 16.3 Å². The summed E-state index contributed by atoms with van der Waals surface area (Å²) in [6.07, 6.45) is 0. The van der Waals surface area contributed by atoms with E-state index >= 15 is 0 Å². The second-order valence-corrected chi connectivity index (χ2v) is 7.65. The molecule has 3 rings (SSSR count). The number of hydrogen-bond acceptors (Lipinski definition) is 4. The Bertz CT molecular complexity index is 1040. The molecule has 6 heteroatoms. The molecule has 0 radical (unpaired) electrons. The largest absolute Gasteiger partial charge is 0.462 e. The molecule has 0 fully saturated rings. The van der Waals surface area contributed by atoms with Crippen LogP contribution in [-0.2, 0) is 4.74 Å². The van der Waals surface area contributed by atoms with Crippen LogP contribution in [0.1, 0.15) is 38.8 Å². The number of hydrogen-bond donors (Lipinski definition) is 1. The second kappa shape index (κ2) is 8.59. The number of nitrogens with one attached hydrogen (secondary N) is 1. The number of halogens is 1. The molecule has 144 valence electrons. The standard InChI is InChI=1S/C22H20ClNO3S/c1-4-27-22(26)19-18(15-9-8-13(2)14(3)10-15)12-28-21(19)24-20(25)16-6-5-7-17(23)11-16/h5-12H,4H2,1-3H3,(H,24,25). The second-order valence-electron chi connectivity index (χ2n) is 6.34. The van der Waals surface area contributed by atoms with Crippen LogP contribution in [0, 0.1) is 13.8 Å². The molecule has 28 heavy (non-hydrogen) atoms. The molecule has 0 spiro atoms. The zero-order chi connectivity index (χ0) is 20.3. The highest BCUT2D eigenvalue weighted by atomic mass is 35.5. The normalized spacial score (nSPS) is 10.6. The number of carbonyl (C=O) groups excluding carboxylic acids is 2. The molecule has 1 heterocycles. The minimum atomic E-state index is -0.460.